The SMILES string of the molecule is CCOc1cncc(-c2ccc(C(=O)NCc3ccnc(NS(=O)(=O)C4CCCC4)c3)cc2)n1. The molecular weight excluding hydrogens is 454 g/mol. The van der Waals surface area contributed by atoms with Crippen molar-refractivity contribution in [2.24, 2.45) is 0 Å². The molecule has 0 unspecified atom stereocenters. The first-order valence-corrected chi connectivity index (χ1v) is 12.8. The highest BCUT2D eigenvalue weighted by molar-refractivity contribution is 7.93. The highest BCUT2D eigenvalue weighted by atomic mass is 32.2. The first-order valence-electron chi connectivity index (χ1n) is 11.2. The van der Waals surface area contributed by atoms with E-state index in [2.05, 4.69) is 25.0 Å². The molecule has 1 saturated carbocycles. The number of rotatable bonds is 9. The summed E-state index contributed by atoms with van der Waals surface area (Å²) in [5.74, 6) is 0.466. The molecule has 0 saturated heterocycles. The molecule has 1 amide bonds. The molecule has 34 heavy (non-hydrogen) atoms. The quantitative estimate of drug-likeness (QED) is 0.479. The van der Waals surface area contributed by atoms with E-state index in [1.165, 1.54) is 6.20 Å². The van der Waals surface area contributed by atoms with Crippen molar-refractivity contribution >= 4 is 21.7 Å². The summed E-state index contributed by atoms with van der Waals surface area (Å²) >= 11 is 0. The Morgan fingerprint density at radius 3 is 2.62 bits per heavy atom. The van der Waals surface area contributed by atoms with Crippen molar-refractivity contribution in [2.75, 3.05) is 11.3 Å². The Balaban J connectivity index is 1.36. The van der Waals surface area contributed by atoms with E-state index in [0.29, 0.717) is 36.6 Å². The summed E-state index contributed by atoms with van der Waals surface area (Å²) in [4.78, 5) is 25.3. The van der Waals surface area contributed by atoms with E-state index < -0.39 is 10.0 Å². The number of nitrogens with zero attached hydrogens (tertiary/aromatic N) is 3. The molecule has 0 atom stereocenters. The summed E-state index contributed by atoms with van der Waals surface area (Å²) in [6.07, 6.45) is 7.93. The monoisotopic (exact) mass is 481 g/mol. The van der Waals surface area contributed by atoms with Crippen molar-refractivity contribution in [3.63, 3.8) is 0 Å². The lowest BCUT2D eigenvalue weighted by Crippen LogP contribution is -2.26. The van der Waals surface area contributed by atoms with Crippen molar-refractivity contribution in [1.29, 1.82) is 0 Å². The van der Waals surface area contributed by atoms with Gasteiger partial charge in [0.05, 0.1) is 29.9 Å². The van der Waals surface area contributed by atoms with E-state index >= 15 is 0 Å². The van der Waals surface area contributed by atoms with Gasteiger partial charge in [-0.1, -0.05) is 25.0 Å². The predicted octanol–water partition coefficient (Wildman–Crippen LogP) is 3.55. The van der Waals surface area contributed by atoms with Crippen LogP contribution in [0.4, 0.5) is 5.82 Å². The van der Waals surface area contributed by atoms with Gasteiger partial charge in [-0.2, -0.15) is 0 Å². The molecule has 0 aliphatic heterocycles. The summed E-state index contributed by atoms with van der Waals surface area (Å²) in [7, 11) is -3.45. The summed E-state index contributed by atoms with van der Waals surface area (Å²) in [5.41, 5.74) is 2.71. The Morgan fingerprint density at radius 1 is 1.12 bits per heavy atom. The zero-order valence-electron chi connectivity index (χ0n) is 18.9. The van der Waals surface area contributed by atoms with Crippen LogP contribution in [0.1, 0.15) is 48.5 Å². The fraction of sp³-hybridized carbons (Fsp3) is 0.333. The van der Waals surface area contributed by atoms with E-state index in [1.807, 2.05) is 6.92 Å². The van der Waals surface area contributed by atoms with Crippen LogP contribution in [0.2, 0.25) is 0 Å². The van der Waals surface area contributed by atoms with E-state index in [0.717, 1.165) is 24.0 Å². The fourth-order valence-electron chi connectivity index (χ4n) is 3.85. The third kappa shape index (κ3) is 5.88. The lowest BCUT2D eigenvalue weighted by atomic mass is 10.1. The lowest BCUT2D eigenvalue weighted by molar-refractivity contribution is 0.0951. The van der Waals surface area contributed by atoms with Crippen LogP contribution in [-0.2, 0) is 16.6 Å². The number of ether oxygens (including phenoxy) is 1. The lowest BCUT2D eigenvalue weighted by Gasteiger charge is -2.13. The van der Waals surface area contributed by atoms with Crippen molar-refractivity contribution in [1.82, 2.24) is 20.3 Å². The number of nitrogens with one attached hydrogen (secondary N) is 2. The van der Waals surface area contributed by atoms with Crippen LogP contribution in [0, 0.1) is 0 Å². The summed E-state index contributed by atoms with van der Waals surface area (Å²) < 4.78 is 33.0. The molecule has 2 aromatic heterocycles. The maximum absolute atomic E-state index is 12.6. The minimum Gasteiger partial charge on any atom is -0.477 e. The molecule has 1 aliphatic rings. The highest BCUT2D eigenvalue weighted by Gasteiger charge is 2.28. The van der Waals surface area contributed by atoms with Crippen LogP contribution in [0.25, 0.3) is 11.3 Å². The van der Waals surface area contributed by atoms with E-state index in [4.69, 9.17) is 4.74 Å². The van der Waals surface area contributed by atoms with Crippen LogP contribution in [-0.4, -0.2) is 41.1 Å². The Morgan fingerprint density at radius 2 is 1.88 bits per heavy atom. The molecule has 9 nitrogen and oxygen atoms in total. The molecule has 2 N–H and O–H groups in total. The van der Waals surface area contributed by atoms with E-state index in [-0.39, 0.29) is 23.5 Å². The molecular formula is C24H27N5O4S. The van der Waals surface area contributed by atoms with Crippen molar-refractivity contribution in [3.8, 4) is 17.1 Å². The van der Waals surface area contributed by atoms with E-state index in [9.17, 15) is 13.2 Å². The Bertz CT molecular complexity index is 1240. The highest BCUT2D eigenvalue weighted by Crippen LogP contribution is 2.26. The average molecular weight is 482 g/mol. The number of anilines is 1. The number of amides is 1. The molecule has 1 fully saturated rings. The van der Waals surface area contributed by atoms with Gasteiger partial charge in [-0.05, 0) is 49.6 Å². The Kier molecular flexibility index (Phi) is 7.36. The van der Waals surface area contributed by atoms with Crippen LogP contribution < -0.4 is 14.8 Å². The number of hydrogen-bond acceptors (Lipinski definition) is 7. The Hall–Kier alpha value is -3.53. The van der Waals surface area contributed by atoms with Gasteiger partial charge in [0.15, 0.2) is 0 Å². The van der Waals surface area contributed by atoms with Crippen LogP contribution in [0.5, 0.6) is 5.88 Å². The summed E-state index contributed by atoms with van der Waals surface area (Å²) in [6, 6.07) is 10.4. The van der Waals surface area contributed by atoms with Gasteiger partial charge >= 0.3 is 0 Å². The van der Waals surface area contributed by atoms with Gasteiger partial charge in [-0.3, -0.25) is 14.5 Å². The molecule has 0 radical (unpaired) electrons. The summed E-state index contributed by atoms with van der Waals surface area (Å²) in [5, 5.41) is 2.49. The molecule has 2 heterocycles. The van der Waals surface area contributed by atoms with Crippen molar-refractivity contribution in [2.45, 2.75) is 44.4 Å². The van der Waals surface area contributed by atoms with Gasteiger partial charge in [-0.25, -0.2) is 18.4 Å². The number of sulfonamides is 1. The van der Waals surface area contributed by atoms with Crippen molar-refractivity contribution < 1.29 is 17.9 Å². The van der Waals surface area contributed by atoms with Crippen LogP contribution in [0.3, 0.4) is 0 Å². The molecule has 0 spiro atoms. The molecule has 1 aromatic carbocycles. The molecule has 0 bridgehead atoms. The minimum absolute atomic E-state index is 0.239. The number of pyridine rings is 1. The third-order valence-electron chi connectivity index (χ3n) is 5.61. The van der Waals surface area contributed by atoms with Gasteiger partial charge in [0, 0.05) is 23.9 Å². The second kappa shape index (κ2) is 10.6. The molecule has 4 rings (SSSR count). The number of carbonyl (C=O) groups is 1. The van der Waals surface area contributed by atoms with Gasteiger partial charge < -0.3 is 10.1 Å². The van der Waals surface area contributed by atoms with Gasteiger partial charge in [-0.15, -0.1) is 0 Å². The zero-order chi connectivity index (χ0) is 24.0. The average Bonchev–Trinajstić information content (AvgIpc) is 3.39. The first-order chi connectivity index (χ1) is 16.4. The second-order valence-electron chi connectivity index (χ2n) is 8.04. The molecule has 10 heteroatoms. The van der Waals surface area contributed by atoms with Crippen LogP contribution >= 0.6 is 0 Å². The smallest absolute Gasteiger partial charge is 0.251 e. The standard InChI is InChI=1S/C24H27N5O4S/c1-2-33-23-16-25-15-21(28-23)18-7-9-19(10-8-18)24(30)27-14-17-11-12-26-22(13-17)29-34(31,32)20-5-3-4-6-20/h7-13,15-16,20H,2-6,14H2,1H3,(H,26,29)(H,27,30). The van der Waals surface area contributed by atoms with Gasteiger partial charge in [0.1, 0.15) is 5.82 Å². The maximum atomic E-state index is 12.6. The van der Waals surface area contributed by atoms with Crippen LogP contribution in [0.15, 0.2) is 55.0 Å². The third-order valence-corrected chi connectivity index (χ3v) is 7.46. The normalized spacial score (nSPS) is 14.0. The van der Waals surface area contributed by atoms with Gasteiger partial charge in [0.25, 0.3) is 5.91 Å². The topological polar surface area (TPSA) is 123 Å². The number of benzene rings is 1. The Labute approximate surface area is 199 Å². The maximum Gasteiger partial charge on any atom is 0.251 e. The molecule has 3 aromatic rings. The molecule has 1 aliphatic carbocycles. The van der Waals surface area contributed by atoms with E-state index in [1.54, 1.807) is 48.8 Å². The number of carbonyl (C=O) groups excluding carboxylic acids is 1. The largest absolute Gasteiger partial charge is 0.477 e. The van der Waals surface area contributed by atoms with Crippen molar-refractivity contribution in [3.05, 3.63) is 66.1 Å². The summed E-state index contributed by atoms with van der Waals surface area (Å²) in [6.45, 7) is 2.62. The number of aromatic nitrogens is 3. The fourth-order valence-corrected chi connectivity index (χ4v) is 5.37. The zero-order valence-corrected chi connectivity index (χ0v) is 19.7. The van der Waals surface area contributed by atoms with Gasteiger partial charge in [0.2, 0.25) is 15.9 Å². The predicted molar refractivity (Wildman–Crippen MR) is 129 cm³/mol. The number of hydrogen-bond donors (Lipinski definition) is 2. The molecule has 178 valence electrons. The minimum atomic E-state index is -3.45. The first kappa shape index (κ1) is 23.6. The second-order valence-corrected chi connectivity index (χ2v) is 10.00.